The number of rotatable bonds is 3. The zero-order chi connectivity index (χ0) is 17.2. The molecule has 1 saturated heterocycles. The third-order valence-corrected chi connectivity index (χ3v) is 4.55. The number of carbonyl (C=O) groups is 1. The van der Waals surface area contributed by atoms with Crippen molar-refractivity contribution in [2.75, 3.05) is 13.1 Å². The lowest BCUT2D eigenvalue weighted by atomic mass is 10.1. The summed E-state index contributed by atoms with van der Waals surface area (Å²) in [4.78, 5) is 18.6. The van der Waals surface area contributed by atoms with E-state index in [1.807, 2.05) is 48.2 Å². The molecule has 3 heterocycles. The highest BCUT2D eigenvalue weighted by atomic mass is 16.5. The highest BCUT2D eigenvalue weighted by Crippen LogP contribution is 2.24. The van der Waals surface area contributed by atoms with Crippen LogP contribution in [-0.4, -0.2) is 35.0 Å². The predicted molar refractivity (Wildman–Crippen MR) is 94.7 cm³/mol. The van der Waals surface area contributed by atoms with Crippen LogP contribution in [0.1, 0.15) is 29.0 Å². The van der Waals surface area contributed by atoms with E-state index in [0.29, 0.717) is 18.8 Å². The maximum atomic E-state index is 12.7. The molecule has 1 amide bonds. The van der Waals surface area contributed by atoms with E-state index in [-0.39, 0.29) is 12.0 Å². The first-order valence-corrected chi connectivity index (χ1v) is 8.55. The normalized spacial score (nSPS) is 15.5. The Balaban J connectivity index is 1.40. The highest BCUT2D eigenvalue weighted by molar-refractivity contribution is 5.96. The van der Waals surface area contributed by atoms with Crippen LogP contribution in [0.2, 0.25) is 0 Å². The number of carbonyl (C=O) groups excluding carboxylic acids is 1. The number of hydrogen-bond acceptors (Lipinski definition) is 4. The molecule has 0 radical (unpaired) electrons. The lowest BCUT2D eigenvalue weighted by Gasteiger charge is -2.31. The number of fused-ring (bicyclic) bond motifs is 1. The molecule has 128 valence electrons. The van der Waals surface area contributed by atoms with Crippen molar-refractivity contribution in [3.05, 3.63) is 60.1 Å². The molecule has 1 fully saturated rings. The van der Waals surface area contributed by atoms with Crippen molar-refractivity contribution < 1.29 is 13.9 Å². The Morgan fingerprint density at radius 2 is 2.08 bits per heavy atom. The molecule has 3 aromatic rings. The Morgan fingerprint density at radius 3 is 2.84 bits per heavy atom. The Labute approximate surface area is 146 Å². The summed E-state index contributed by atoms with van der Waals surface area (Å²) in [6.45, 7) is 3.36. The van der Waals surface area contributed by atoms with Gasteiger partial charge in [-0.1, -0.05) is 11.6 Å². The van der Waals surface area contributed by atoms with Crippen LogP contribution < -0.4 is 4.74 Å². The lowest BCUT2D eigenvalue weighted by Crippen LogP contribution is -2.41. The first kappa shape index (κ1) is 15.7. The molecule has 5 heteroatoms. The summed E-state index contributed by atoms with van der Waals surface area (Å²) in [6.07, 6.45) is 5.17. The highest BCUT2D eigenvalue weighted by Gasteiger charge is 2.26. The van der Waals surface area contributed by atoms with Crippen LogP contribution in [0.3, 0.4) is 0 Å². The summed E-state index contributed by atoms with van der Waals surface area (Å²) in [5, 5.41) is 0.971. The molecule has 2 aromatic heterocycles. The lowest BCUT2D eigenvalue weighted by molar-refractivity contribution is 0.0568. The molecule has 5 nitrogen and oxygen atoms in total. The quantitative estimate of drug-likeness (QED) is 0.729. The third-order valence-electron chi connectivity index (χ3n) is 4.55. The van der Waals surface area contributed by atoms with E-state index >= 15 is 0 Å². The molecule has 25 heavy (non-hydrogen) atoms. The second-order valence-corrected chi connectivity index (χ2v) is 6.45. The van der Waals surface area contributed by atoms with Crippen molar-refractivity contribution in [2.24, 2.45) is 0 Å². The van der Waals surface area contributed by atoms with Gasteiger partial charge in [0.05, 0.1) is 6.20 Å². The molecule has 1 aliphatic rings. The molecule has 0 saturated carbocycles. The fourth-order valence-corrected chi connectivity index (χ4v) is 3.21. The van der Waals surface area contributed by atoms with Crippen LogP contribution in [-0.2, 0) is 0 Å². The number of pyridine rings is 1. The number of aryl methyl sites for hydroxylation is 1. The first-order valence-electron chi connectivity index (χ1n) is 8.55. The zero-order valence-electron chi connectivity index (χ0n) is 14.1. The number of hydrogen-bond donors (Lipinski definition) is 0. The minimum absolute atomic E-state index is 0.0475. The molecular weight excluding hydrogens is 316 g/mol. The van der Waals surface area contributed by atoms with E-state index in [1.54, 1.807) is 12.4 Å². The molecule has 1 aromatic carbocycles. The standard InChI is InChI=1S/C20H20N2O3/c1-14-4-5-18-15(11-14)12-19(25-18)20(23)22-9-6-16(7-10-22)24-17-3-2-8-21-13-17/h2-5,8,11-13,16H,6-7,9-10H2,1H3. The molecular formula is C20H20N2O3. The molecule has 0 unspecified atom stereocenters. The summed E-state index contributed by atoms with van der Waals surface area (Å²) in [5.74, 6) is 1.14. The number of likely N-dealkylation sites (tertiary alicyclic amines) is 1. The van der Waals surface area contributed by atoms with E-state index in [9.17, 15) is 4.79 Å². The minimum atomic E-state index is -0.0475. The van der Waals surface area contributed by atoms with E-state index in [0.717, 1.165) is 35.1 Å². The minimum Gasteiger partial charge on any atom is -0.489 e. The summed E-state index contributed by atoms with van der Waals surface area (Å²) in [7, 11) is 0. The van der Waals surface area contributed by atoms with Gasteiger partial charge in [-0.15, -0.1) is 0 Å². The summed E-state index contributed by atoms with van der Waals surface area (Å²) < 4.78 is 11.7. The van der Waals surface area contributed by atoms with Crippen molar-refractivity contribution in [3.8, 4) is 5.75 Å². The Kier molecular flexibility index (Phi) is 4.14. The van der Waals surface area contributed by atoms with Crippen LogP contribution >= 0.6 is 0 Å². The van der Waals surface area contributed by atoms with Crippen molar-refractivity contribution in [3.63, 3.8) is 0 Å². The van der Waals surface area contributed by atoms with Gasteiger partial charge in [-0.2, -0.15) is 0 Å². The second-order valence-electron chi connectivity index (χ2n) is 6.45. The molecule has 0 aliphatic carbocycles. The topological polar surface area (TPSA) is 55.6 Å². The number of piperidine rings is 1. The molecule has 0 spiro atoms. The number of amides is 1. The number of furan rings is 1. The fraction of sp³-hybridized carbons (Fsp3) is 0.300. The zero-order valence-corrected chi connectivity index (χ0v) is 14.1. The fourth-order valence-electron chi connectivity index (χ4n) is 3.21. The van der Waals surface area contributed by atoms with Gasteiger partial charge in [0.15, 0.2) is 5.76 Å². The second kappa shape index (κ2) is 6.59. The maximum absolute atomic E-state index is 12.7. The largest absolute Gasteiger partial charge is 0.489 e. The molecule has 0 bridgehead atoms. The van der Waals surface area contributed by atoms with Crippen molar-refractivity contribution in [1.82, 2.24) is 9.88 Å². The van der Waals surface area contributed by atoms with Crippen molar-refractivity contribution >= 4 is 16.9 Å². The smallest absolute Gasteiger partial charge is 0.289 e. The molecule has 0 atom stereocenters. The number of aromatic nitrogens is 1. The van der Waals surface area contributed by atoms with Crippen LogP contribution in [0.25, 0.3) is 11.0 Å². The number of ether oxygens (including phenoxy) is 1. The van der Waals surface area contributed by atoms with Gasteiger partial charge in [-0.25, -0.2) is 0 Å². The van der Waals surface area contributed by atoms with Crippen LogP contribution in [0, 0.1) is 6.92 Å². The molecule has 0 N–H and O–H groups in total. The van der Waals surface area contributed by atoms with Gasteiger partial charge in [-0.05, 0) is 37.3 Å². The molecule has 4 rings (SSSR count). The average Bonchev–Trinajstić information content (AvgIpc) is 3.06. The van der Waals surface area contributed by atoms with Crippen molar-refractivity contribution in [1.29, 1.82) is 0 Å². The Bertz CT molecular complexity index is 880. The summed E-state index contributed by atoms with van der Waals surface area (Å²) in [5.41, 5.74) is 1.91. The van der Waals surface area contributed by atoms with Gasteiger partial charge < -0.3 is 14.1 Å². The SMILES string of the molecule is Cc1ccc2oc(C(=O)N3CCC(Oc4cccnc4)CC3)cc2c1. The third kappa shape index (κ3) is 3.36. The van der Waals surface area contributed by atoms with Crippen LogP contribution in [0.15, 0.2) is 53.2 Å². The van der Waals surface area contributed by atoms with Gasteiger partial charge in [-0.3, -0.25) is 9.78 Å². The van der Waals surface area contributed by atoms with E-state index in [2.05, 4.69) is 4.98 Å². The van der Waals surface area contributed by atoms with Gasteiger partial charge in [0, 0.05) is 37.5 Å². The van der Waals surface area contributed by atoms with Gasteiger partial charge in [0.25, 0.3) is 5.91 Å². The monoisotopic (exact) mass is 336 g/mol. The van der Waals surface area contributed by atoms with Crippen molar-refractivity contribution in [2.45, 2.75) is 25.9 Å². The average molecular weight is 336 g/mol. The van der Waals surface area contributed by atoms with Gasteiger partial charge >= 0.3 is 0 Å². The van der Waals surface area contributed by atoms with Crippen LogP contribution in [0.4, 0.5) is 0 Å². The first-order chi connectivity index (χ1) is 12.2. The maximum Gasteiger partial charge on any atom is 0.289 e. The summed E-state index contributed by atoms with van der Waals surface area (Å²) >= 11 is 0. The van der Waals surface area contributed by atoms with Crippen LogP contribution in [0.5, 0.6) is 5.75 Å². The van der Waals surface area contributed by atoms with E-state index in [1.165, 1.54) is 0 Å². The molecule has 1 aliphatic heterocycles. The van der Waals surface area contributed by atoms with Gasteiger partial charge in [0.2, 0.25) is 0 Å². The Morgan fingerprint density at radius 1 is 1.24 bits per heavy atom. The van der Waals surface area contributed by atoms with E-state index < -0.39 is 0 Å². The predicted octanol–water partition coefficient (Wildman–Crippen LogP) is 3.82. The number of nitrogens with zero attached hydrogens (tertiary/aromatic N) is 2. The van der Waals surface area contributed by atoms with Gasteiger partial charge in [0.1, 0.15) is 17.4 Å². The number of benzene rings is 1. The Hall–Kier alpha value is -2.82. The summed E-state index contributed by atoms with van der Waals surface area (Å²) in [6, 6.07) is 11.5. The van der Waals surface area contributed by atoms with E-state index in [4.69, 9.17) is 9.15 Å².